The van der Waals surface area contributed by atoms with Crippen molar-refractivity contribution >= 4 is 29.4 Å². The highest BCUT2D eigenvalue weighted by Gasteiger charge is 2.38. The Labute approximate surface area is 187 Å². The van der Waals surface area contributed by atoms with Crippen LogP contribution in [0, 0.1) is 19.8 Å². The molecule has 166 valence electrons. The third-order valence-corrected chi connectivity index (χ3v) is 6.19. The molecule has 0 radical (unpaired) electrons. The Kier molecular flexibility index (Phi) is 5.82. The Bertz CT molecular complexity index is 1120. The number of esters is 1. The number of ether oxygens (including phenoxy) is 1. The zero-order chi connectivity index (χ0) is 23.0. The summed E-state index contributed by atoms with van der Waals surface area (Å²) in [5, 5.41) is 0. The van der Waals surface area contributed by atoms with Gasteiger partial charge in [-0.2, -0.15) is 0 Å². The van der Waals surface area contributed by atoms with E-state index in [1.54, 1.807) is 11.0 Å². The van der Waals surface area contributed by atoms with Crippen LogP contribution in [0.4, 0.5) is 5.69 Å². The second-order valence-corrected chi connectivity index (χ2v) is 8.64. The molecule has 0 saturated carbocycles. The van der Waals surface area contributed by atoms with Crippen molar-refractivity contribution in [1.82, 2.24) is 4.90 Å². The minimum Gasteiger partial charge on any atom is -0.452 e. The van der Waals surface area contributed by atoms with E-state index in [9.17, 15) is 19.2 Å². The summed E-state index contributed by atoms with van der Waals surface area (Å²) < 4.78 is 5.20. The van der Waals surface area contributed by atoms with Gasteiger partial charge in [-0.3, -0.25) is 14.4 Å². The highest BCUT2D eigenvalue weighted by Crippen LogP contribution is 2.32. The first-order chi connectivity index (χ1) is 15.3. The lowest BCUT2D eigenvalue weighted by Crippen LogP contribution is -2.40. The molecule has 0 spiro atoms. The number of carbonyl (C=O) groups excluding carboxylic acids is 4. The van der Waals surface area contributed by atoms with E-state index in [1.165, 1.54) is 18.2 Å². The Morgan fingerprint density at radius 1 is 0.969 bits per heavy atom. The van der Waals surface area contributed by atoms with Crippen LogP contribution in [-0.4, -0.2) is 48.3 Å². The van der Waals surface area contributed by atoms with E-state index in [4.69, 9.17) is 4.74 Å². The van der Waals surface area contributed by atoms with Crippen LogP contribution in [0.25, 0.3) is 0 Å². The van der Waals surface area contributed by atoms with Crippen molar-refractivity contribution in [3.8, 4) is 0 Å². The lowest BCUT2D eigenvalue weighted by molar-refractivity contribution is -0.135. The summed E-state index contributed by atoms with van der Waals surface area (Å²) in [6.45, 7) is 6.87. The van der Waals surface area contributed by atoms with Gasteiger partial charge in [-0.1, -0.05) is 19.1 Å². The Morgan fingerprint density at radius 2 is 1.66 bits per heavy atom. The average molecular weight is 434 g/mol. The molecule has 0 bridgehead atoms. The fourth-order valence-corrected chi connectivity index (χ4v) is 4.11. The van der Waals surface area contributed by atoms with Crippen LogP contribution >= 0.6 is 0 Å². The fourth-order valence-electron chi connectivity index (χ4n) is 4.11. The van der Waals surface area contributed by atoms with Gasteiger partial charge in [0.2, 0.25) is 0 Å². The van der Waals surface area contributed by atoms with Crippen LogP contribution in [0.2, 0.25) is 0 Å². The van der Waals surface area contributed by atoms with E-state index in [0.29, 0.717) is 24.7 Å². The van der Waals surface area contributed by atoms with Crippen molar-refractivity contribution in [3.05, 3.63) is 64.2 Å². The summed E-state index contributed by atoms with van der Waals surface area (Å²) >= 11 is 0. The number of anilines is 1. The van der Waals surface area contributed by atoms with Crippen LogP contribution in [-0.2, 0) is 9.53 Å². The van der Waals surface area contributed by atoms with Crippen molar-refractivity contribution in [2.75, 3.05) is 24.6 Å². The molecule has 0 aliphatic carbocycles. The first-order valence-electron chi connectivity index (χ1n) is 10.8. The maximum atomic E-state index is 13.0. The molecule has 0 aromatic heterocycles. The van der Waals surface area contributed by atoms with Crippen LogP contribution in [0.3, 0.4) is 0 Å². The molecule has 0 unspecified atom stereocenters. The van der Waals surface area contributed by atoms with Crippen LogP contribution in [0.5, 0.6) is 0 Å². The number of likely N-dealkylation sites (tertiary alicyclic amines) is 1. The molecule has 2 aromatic rings. The predicted octanol–water partition coefficient (Wildman–Crippen LogP) is 3.52. The molecule has 2 heterocycles. The number of fused-ring (bicyclic) bond motifs is 1. The molecule has 2 aromatic carbocycles. The predicted molar refractivity (Wildman–Crippen MR) is 119 cm³/mol. The molecule has 1 saturated heterocycles. The zero-order valence-electron chi connectivity index (χ0n) is 18.5. The largest absolute Gasteiger partial charge is 0.452 e. The number of aryl methyl sites for hydroxylation is 2. The molecular formula is C25H26N2O5. The third-order valence-electron chi connectivity index (χ3n) is 6.19. The second kappa shape index (κ2) is 8.57. The number of rotatable bonds is 4. The Balaban J connectivity index is 1.48. The van der Waals surface area contributed by atoms with Crippen molar-refractivity contribution in [3.63, 3.8) is 0 Å². The highest BCUT2D eigenvalue weighted by atomic mass is 16.5. The molecule has 7 heteroatoms. The highest BCUT2D eigenvalue weighted by molar-refractivity contribution is 6.35. The van der Waals surface area contributed by atoms with E-state index < -0.39 is 17.8 Å². The van der Waals surface area contributed by atoms with E-state index in [-0.39, 0.29) is 29.2 Å². The van der Waals surface area contributed by atoms with Crippen LogP contribution in [0.15, 0.2) is 36.4 Å². The van der Waals surface area contributed by atoms with Crippen molar-refractivity contribution < 1.29 is 23.9 Å². The quantitative estimate of drug-likeness (QED) is 0.543. The first-order valence-corrected chi connectivity index (χ1v) is 10.8. The maximum Gasteiger partial charge on any atom is 0.338 e. The van der Waals surface area contributed by atoms with Gasteiger partial charge in [-0.15, -0.1) is 0 Å². The number of hydrogen-bond donors (Lipinski definition) is 0. The molecule has 4 rings (SSSR count). The maximum absolute atomic E-state index is 13.0. The van der Waals surface area contributed by atoms with Crippen LogP contribution < -0.4 is 4.90 Å². The number of hydrogen-bond acceptors (Lipinski definition) is 5. The molecule has 0 N–H and O–H groups in total. The number of benzene rings is 2. The normalized spacial score (nSPS) is 16.3. The van der Waals surface area contributed by atoms with E-state index in [0.717, 1.165) is 28.9 Å². The minimum absolute atomic E-state index is 0.132. The smallest absolute Gasteiger partial charge is 0.338 e. The fraction of sp³-hybridized carbons (Fsp3) is 0.360. The molecular weight excluding hydrogens is 408 g/mol. The summed E-state index contributed by atoms with van der Waals surface area (Å²) in [5.41, 5.74) is 2.79. The van der Waals surface area contributed by atoms with E-state index in [2.05, 4.69) is 6.92 Å². The van der Waals surface area contributed by atoms with E-state index >= 15 is 0 Å². The number of imide groups is 1. The SMILES string of the molecule is Cc1ccc(C)c(N2C(=O)c3ccc(C(=O)OCC(=O)N4CCC(C)CC4)cc3C2=O)c1. The monoisotopic (exact) mass is 434 g/mol. The van der Waals surface area contributed by atoms with Crippen LogP contribution in [0.1, 0.15) is 62.0 Å². The number of carbonyl (C=O) groups is 4. The van der Waals surface area contributed by atoms with Gasteiger partial charge in [0.1, 0.15) is 0 Å². The minimum atomic E-state index is -0.697. The summed E-state index contributed by atoms with van der Waals surface area (Å²) in [7, 11) is 0. The third kappa shape index (κ3) is 4.02. The Hall–Kier alpha value is -3.48. The van der Waals surface area contributed by atoms with Gasteiger partial charge >= 0.3 is 5.97 Å². The summed E-state index contributed by atoms with van der Waals surface area (Å²) in [4.78, 5) is 53.6. The number of amides is 3. The number of piperidine rings is 1. The molecule has 7 nitrogen and oxygen atoms in total. The first kappa shape index (κ1) is 21.7. The average Bonchev–Trinajstić information content (AvgIpc) is 3.03. The summed E-state index contributed by atoms with van der Waals surface area (Å²) in [6.07, 6.45) is 1.88. The molecule has 2 aliphatic rings. The van der Waals surface area contributed by atoms with Gasteiger partial charge in [0.25, 0.3) is 17.7 Å². The Morgan fingerprint density at radius 3 is 2.38 bits per heavy atom. The van der Waals surface area contributed by atoms with Gasteiger partial charge < -0.3 is 9.64 Å². The summed E-state index contributed by atoms with van der Waals surface area (Å²) in [5.74, 6) is -1.23. The van der Waals surface area contributed by atoms with Gasteiger partial charge in [-0.05, 0) is 68.0 Å². The number of nitrogens with zero attached hydrogens (tertiary/aromatic N) is 2. The molecule has 1 fully saturated rings. The van der Waals surface area contributed by atoms with Gasteiger partial charge in [0.15, 0.2) is 6.61 Å². The molecule has 0 atom stereocenters. The lowest BCUT2D eigenvalue weighted by Gasteiger charge is -2.30. The van der Waals surface area contributed by atoms with Gasteiger partial charge in [-0.25, -0.2) is 9.69 Å². The topological polar surface area (TPSA) is 84.0 Å². The van der Waals surface area contributed by atoms with Crippen molar-refractivity contribution in [1.29, 1.82) is 0 Å². The molecule has 2 aliphatic heterocycles. The standard InChI is InChI=1S/C25H26N2O5/c1-15-8-10-26(11-9-15)22(28)14-32-25(31)18-6-7-19-20(13-18)24(30)27(23(19)29)21-12-16(2)4-5-17(21)3/h4-7,12-13,15H,8-11,14H2,1-3H3. The van der Waals surface area contributed by atoms with Crippen molar-refractivity contribution in [2.45, 2.75) is 33.6 Å². The lowest BCUT2D eigenvalue weighted by atomic mass is 9.99. The summed E-state index contributed by atoms with van der Waals surface area (Å²) in [6, 6.07) is 9.85. The van der Waals surface area contributed by atoms with Gasteiger partial charge in [0.05, 0.1) is 22.4 Å². The van der Waals surface area contributed by atoms with Crippen molar-refractivity contribution in [2.24, 2.45) is 5.92 Å². The van der Waals surface area contributed by atoms with Gasteiger partial charge in [0, 0.05) is 13.1 Å². The van der Waals surface area contributed by atoms with E-state index in [1.807, 2.05) is 26.0 Å². The molecule has 3 amide bonds. The second-order valence-electron chi connectivity index (χ2n) is 8.64. The zero-order valence-corrected chi connectivity index (χ0v) is 18.5. The molecule has 32 heavy (non-hydrogen) atoms.